The van der Waals surface area contributed by atoms with Gasteiger partial charge in [-0.25, -0.2) is 4.79 Å². The van der Waals surface area contributed by atoms with Crippen molar-refractivity contribution in [2.45, 2.75) is 37.1 Å². The van der Waals surface area contributed by atoms with E-state index in [0.29, 0.717) is 17.8 Å². The fourth-order valence-electron chi connectivity index (χ4n) is 2.37. The molecule has 0 heterocycles. The molecule has 2 unspecified atom stereocenters. The first-order valence-electron chi connectivity index (χ1n) is 6.40. The van der Waals surface area contributed by atoms with Crippen LogP contribution < -0.4 is 10.6 Å². The molecule has 1 aliphatic rings. The highest BCUT2D eigenvalue weighted by atomic mass is 32.2. The van der Waals surface area contributed by atoms with Crippen LogP contribution in [0.25, 0.3) is 0 Å². The number of carbonyl (C=O) groups is 1. The Morgan fingerprint density at radius 2 is 2.11 bits per heavy atom. The van der Waals surface area contributed by atoms with Crippen molar-refractivity contribution in [1.82, 2.24) is 10.6 Å². The minimum atomic E-state index is -0.0511. The Hall–Kier alpha value is -1.16. The molecule has 0 bridgehead atoms. The van der Waals surface area contributed by atoms with Crippen LogP contribution in [-0.2, 0) is 6.54 Å². The second kappa shape index (κ2) is 6.69. The highest BCUT2D eigenvalue weighted by Gasteiger charge is 2.27. The zero-order valence-electron chi connectivity index (χ0n) is 10.7. The van der Waals surface area contributed by atoms with Gasteiger partial charge in [0, 0.05) is 17.8 Å². The normalized spacial score (nSPS) is 22.7. The van der Waals surface area contributed by atoms with Gasteiger partial charge in [0.25, 0.3) is 0 Å². The minimum Gasteiger partial charge on any atom is -0.334 e. The quantitative estimate of drug-likeness (QED) is 0.878. The van der Waals surface area contributed by atoms with E-state index >= 15 is 0 Å². The predicted octanol–water partition coefficient (Wildman–Crippen LogP) is 2.77. The number of rotatable bonds is 4. The summed E-state index contributed by atoms with van der Waals surface area (Å²) in [4.78, 5) is 11.8. The molecule has 0 spiro atoms. The van der Waals surface area contributed by atoms with Gasteiger partial charge in [0.1, 0.15) is 0 Å². The number of nitrogens with one attached hydrogen (secondary N) is 2. The largest absolute Gasteiger partial charge is 0.334 e. The van der Waals surface area contributed by atoms with E-state index < -0.39 is 0 Å². The molecule has 1 aliphatic carbocycles. The Balaban J connectivity index is 1.75. The third-order valence-corrected chi connectivity index (χ3v) is 4.54. The van der Waals surface area contributed by atoms with E-state index in [1.807, 2.05) is 42.1 Å². The summed E-state index contributed by atoms with van der Waals surface area (Å²) in [6, 6.07) is 10.2. The van der Waals surface area contributed by atoms with Gasteiger partial charge in [0.2, 0.25) is 0 Å². The minimum absolute atomic E-state index is 0.0511. The summed E-state index contributed by atoms with van der Waals surface area (Å²) in [5.74, 6) is 0. The van der Waals surface area contributed by atoms with E-state index in [4.69, 9.17) is 0 Å². The molecular weight excluding hydrogens is 244 g/mol. The molecule has 1 fully saturated rings. The number of hydrogen-bond donors (Lipinski definition) is 2. The average molecular weight is 264 g/mol. The first kappa shape index (κ1) is 13.3. The summed E-state index contributed by atoms with van der Waals surface area (Å²) in [6.45, 7) is 0.587. The molecule has 2 atom stereocenters. The fourth-order valence-corrected chi connectivity index (χ4v) is 3.31. The van der Waals surface area contributed by atoms with Crippen LogP contribution >= 0.6 is 11.8 Å². The summed E-state index contributed by atoms with van der Waals surface area (Å²) in [5.41, 5.74) is 1.13. The van der Waals surface area contributed by atoms with Crippen molar-refractivity contribution in [3.63, 3.8) is 0 Å². The lowest BCUT2D eigenvalue weighted by molar-refractivity contribution is 0.237. The Kier molecular flexibility index (Phi) is 4.93. The second-order valence-electron chi connectivity index (χ2n) is 4.62. The van der Waals surface area contributed by atoms with Gasteiger partial charge in [0.05, 0.1) is 0 Å². The van der Waals surface area contributed by atoms with E-state index in [9.17, 15) is 4.79 Å². The lowest BCUT2D eigenvalue weighted by Crippen LogP contribution is -2.44. The molecule has 2 N–H and O–H groups in total. The number of hydrogen-bond acceptors (Lipinski definition) is 2. The molecule has 0 saturated heterocycles. The van der Waals surface area contributed by atoms with E-state index in [2.05, 4.69) is 16.9 Å². The summed E-state index contributed by atoms with van der Waals surface area (Å²) in [5, 5.41) is 6.57. The SMILES string of the molecule is CSC1CCCC1NC(=O)NCc1ccccc1. The molecule has 0 radical (unpaired) electrons. The van der Waals surface area contributed by atoms with Gasteiger partial charge in [-0.2, -0.15) is 11.8 Å². The highest BCUT2D eigenvalue weighted by molar-refractivity contribution is 7.99. The monoisotopic (exact) mass is 264 g/mol. The Morgan fingerprint density at radius 3 is 2.83 bits per heavy atom. The van der Waals surface area contributed by atoms with Gasteiger partial charge < -0.3 is 10.6 Å². The molecular formula is C14H20N2OS. The number of urea groups is 1. The molecule has 0 aromatic heterocycles. The predicted molar refractivity (Wildman–Crippen MR) is 76.8 cm³/mol. The van der Waals surface area contributed by atoms with Gasteiger partial charge in [-0.3, -0.25) is 0 Å². The van der Waals surface area contributed by atoms with E-state index in [1.54, 1.807) is 0 Å². The standard InChI is InChI=1S/C14H20N2OS/c1-18-13-9-5-8-12(13)16-14(17)15-10-11-6-3-2-4-7-11/h2-4,6-7,12-13H,5,8-10H2,1H3,(H2,15,16,17). The topological polar surface area (TPSA) is 41.1 Å². The van der Waals surface area contributed by atoms with Crippen molar-refractivity contribution in [3.05, 3.63) is 35.9 Å². The van der Waals surface area contributed by atoms with E-state index in [0.717, 1.165) is 12.0 Å². The molecule has 1 aromatic carbocycles. The van der Waals surface area contributed by atoms with Crippen molar-refractivity contribution < 1.29 is 4.79 Å². The zero-order valence-corrected chi connectivity index (χ0v) is 11.5. The molecule has 2 amide bonds. The highest BCUT2D eigenvalue weighted by Crippen LogP contribution is 2.28. The van der Waals surface area contributed by atoms with Crippen molar-refractivity contribution in [1.29, 1.82) is 0 Å². The summed E-state index contributed by atoms with van der Waals surface area (Å²) >= 11 is 1.85. The van der Waals surface area contributed by atoms with Crippen molar-refractivity contribution >= 4 is 17.8 Å². The maximum Gasteiger partial charge on any atom is 0.315 e. The number of carbonyl (C=O) groups excluding carboxylic acids is 1. The third-order valence-electron chi connectivity index (χ3n) is 3.37. The maximum absolute atomic E-state index is 11.8. The average Bonchev–Trinajstić information content (AvgIpc) is 2.85. The van der Waals surface area contributed by atoms with Crippen LogP contribution in [0.1, 0.15) is 24.8 Å². The lowest BCUT2D eigenvalue weighted by Gasteiger charge is -2.19. The van der Waals surface area contributed by atoms with Crippen molar-refractivity contribution in [2.75, 3.05) is 6.26 Å². The Labute approximate surface area is 113 Å². The van der Waals surface area contributed by atoms with Crippen molar-refractivity contribution in [3.8, 4) is 0 Å². The van der Waals surface area contributed by atoms with Gasteiger partial charge in [-0.05, 0) is 24.7 Å². The smallest absolute Gasteiger partial charge is 0.315 e. The summed E-state index contributed by atoms with van der Waals surface area (Å²) in [7, 11) is 0. The first-order valence-corrected chi connectivity index (χ1v) is 7.69. The van der Waals surface area contributed by atoms with Crippen LogP contribution in [0.5, 0.6) is 0 Å². The summed E-state index contributed by atoms with van der Waals surface area (Å²) in [6.07, 6.45) is 5.65. The number of amides is 2. The van der Waals surface area contributed by atoms with Crippen LogP contribution in [0.3, 0.4) is 0 Å². The van der Waals surface area contributed by atoms with Crippen LogP contribution in [0, 0.1) is 0 Å². The lowest BCUT2D eigenvalue weighted by atomic mass is 10.2. The number of benzene rings is 1. The molecule has 4 heteroatoms. The first-order chi connectivity index (χ1) is 8.79. The van der Waals surface area contributed by atoms with Crippen LogP contribution in [0.2, 0.25) is 0 Å². The molecule has 3 nitrogen and oxygen atoms in total. The Bertz CT molecular complexity index is 383. The molecule has 18 heavy (non-hydrogen) atoms. The molecule has 0 aliphatic heterocycles. The van der Waals surface area contributed by atoms with Gasteiger partial charge >= 0.3 is 6.03 Å². The second-order valence-corrected chi connectivity index (χ2v) is 5.70. The summed E-state index contributed by atoms with van der Waals surface area (Å²) < 4.78 is 0. The van der Waals surface area contributed by atoms with Crippen LogP contribution in [0.4, 0.5) is 4.79 Å². The zero-order chi connectivity index (χ0) is 12.8. The van der Waals surface area contributed by atoms with E-state index in [-0.39, 0.29) is 6.03 Å². The van der Waals surface area contributed by atoms with Gasteiger partial charge in [-0.1, -0.05) is 36.8 Å². The number of thioether (sulfide) groups is 1. The van der Waals surface area contributed by atoms with Crippen molar-refractivity contribution in [2.24, 2.45) is 0 Å². The third kappa shape index (κ3) is 3.67. The van der Waals surface area contributed by atoms with Gasteiger partial charge in [0.15, 0.2) is 0 Å². The molecule has 98 valence electrons. The van der Waals surface area contributed by atoms with Crippen LogP contribution in [0.15, 0.2) is 30.3 Å². The fraction of sp³-hybridized carbons (Fsp3) is 0.500. The molecule has 2 rings (SSSR count). The molecule has 1 aromatic rings. The molecule has 1 saturated carbocycles. The van der Waals surface area contributed by atoms with E-state index in [1.165, 1.54) is 12.8 Å². The van der Waals surface area contributed by atoms with Crippen LogP contribution in [-0.4, -0.2) is 23.6 Å². The van der Waals surface area contributed by atoms with Gasteiger partial charge in [-0.15, -0.1) is 0 Å². The maximum atomic E-state index is 11.8. The Morgan fingerprint density at radius 1 is 1.33 bits per heavy atom.